The monoisotopic (exact) mass is 274 g/mol. The molecule has 0 N–H and O–H groups in total. The number of ether oxygens (including phenoxy) is 1. The van der Waals surface area contributed by atoms with E-state index in [2.05, 4.69) is 35.2 Å². The van der Waals surface area contributed by atoms with Gasteiger partial charge >= 0.3 is 0 Å². The Morgan fingerprint density at radius 1 is 1.43 bits per heavy atom. The van der Waals surface area contributed by atoms with E-state index in [0.717, 1.165) is 29.0 Å². The topological polar surface area (TPSA) is 9.23 Å². The van der Waals surface area contributed by atoms with Crippen molar-refractivity contribution in [2.45, 2.75) is 13.3 Å². The van der Waals surface area contributed by atoms with Crippen LogP contribution in [0.5, 0.6) is 5.75 Å². The van der Waals surface area contributed by atoms with E-state index in [1.54, 1.807) is 0 Å². The average molecular weight is 275 g/mol. The molecule has 3 heteroatoms. The third-order valence-electron chi connectivity index (χ3n) is 1.90. The third kappa shape index (κ3) is 3.93. The number of thioether (sulfide) groups is 1. The highest BCUT2D eigenvalue weighted by Crippen LogP contribution is 2.22. The Morgan fingerprint density at radius 2 is 2.21 bits per heavy atom. The van der Waals surface area contributed by atoms with Crippen LogP contribution in [0, 0.1) is 6.92 Å². The van der Waals surface area contributed by atoms with Crippen LogP contribution >= 0.6 is 27.7 Å². The predicted molar refractivity (Wildman–Crippen MR) is 67.4 cm³/mol. The molecular formula is C11H15BrOS. The first kappa shape index (κ1) is 11.9. The summed E-state index contributed by atoms with van der Waals surface area (Å²) in [7, 11) is 0. The Kier molecular flexibility index (Phi) is 5.41. The normalized spacial score (nSPS) is 10.2. The van der Waals surface area contributed by atoms with E-state index in [1.807, 2.05) is 23.9 Å². The van der Waals surface area contributed by atoms with Crippen molar-refractivity contribution in [1.82, 2.24) is 0 Å². The van der Waals surface area contributed by atoms with Crippen molar-refractivity contribution in [3.8, 4) is 5.75 Å². The first-order valence-corrected chi connectivity index (χ1v) is 6.80. The van der Waals surface area contributed by atoms with Gasteiger partial charge in [-0.3, -0.25) is 0 Å². The van der Waals surface area contributed by atoms with Crippen LogP contribution in [0.15, 0.2) is 22.7 Å². The minimum Gasteiger partial charge on any atom is -0.493 e. The molecule has 0 amide bonds. The van der Waals surface area contributed by atoms with Crippen LogP contribution in [-0.4, -0.2) is 18.6 Å². The first-order valence-electron chi connectivity index (χ1n) is 4.62. The first-order chi connectivity index (χ1) is 6.74. The third-order valence-corrected chi connectivity index (χ3v) is 3.09. The number of rotatable bonds is 5. The maximum absolute atomic E-state index is 5.68. The molecule has 0 saturated carbocycles. The Balaban J connectivity index is 2.45. The van der Waals surface area contributed by atoms with Gasteiger partial charge in [-0.2, -0.15) is 11.8 Å². The maximum Gasteiger partial charge on any atom is 0.123 e. The fourth-order valence-electron chi connectivity index (χ4n) is 1.11. The average Bonchev–Trinajstić information content (AvgIpc) is 2.18. The van der Waals surface area contributed by atoms with Crippen molar-refractivity contribution >= 4 is 27.7 Å². The van der Waals surface area contributed by atoms with Gasteiger partial charge in [-0.05, 0) is 43.0 Å². The standard InChI is InChI=1S/C11H15BrOS/c1-9-4-5-10(12)8-11(9)13-6-3-7-14-2/h4-5,8H,3,6-7H2,1-2H3. The zero-order chi connectivity index (χ0) is 10.4. The second-order valence-electron chi connectivity index (χ2n) is 3.10. The van der Waals surface area contributed by atoms with Gasteiger partial charge in [-0.25, -0.2) is 0 Å². The Labute approximate surface area is 98.4 Å². The van der Waals surface area contributed by atoms with E-state index in [4.69, 9.17) is 4.74 Å². The molecule has 0 radical (unpaired) electrons. The molecule has 14 heavy (non-hydrogen) atoms. The molecule has 1 nitrogen and oxygen atoms in total. The van der Waals surface area contributed by atoms with E-state index in [-0.39, 0.29) is 0 Å². The second-order valence-corrected chi connectivity index (χ2v) is 5.01. The van der Waals surface area contributed by atoms with Gasteiger partial charge in [-0.15, -0.1) is 0 Å². The van der Waals surface area contributed by atoms with Crippen molar-refractivity contribution < 1.29 is 4.74 Å². The van der Waals surface area contributed by atoms with Crippen LogP contribution in [0.1, 0.15) is 12.0 Å². The van der Waals surface area contributed by atoms with E-state index in [0.29, 0.717) is 0 Å². The maximum atomic E-state index is 5.68. The summed E-state index contributed by atoms with van der Waals surface area (Å²) < 4.78 is 6.75. The molecule has 0 atom stereocenters. The van der Waals surface area contributed by atoms with E-state index >= 15 is 0 Å². The molecule has 1 aromatic rings. The molecule has 0 spiro atoms. The summed E-state index contributed by atoms with van der Waals surface area (Å²) >= 11 is 5.29. The molecule has 0 aliphatic heterocycles. The largest absolute Gasteiger partial charge is 0.493 e. The number of hydrogen-bond acceptors (Lipinski definition) is 2. The second kappa shape index (κ2) is 6.36. The van der Waals surface area contributed by atoms with Gasteiger partial charge in [0.1, 0.15) is 5.75 Å². The quantitative estimate of drug-likeness (QED) is 0.754. The Morgan fingerprint density at radius 3 is 2.93 bits per heavy atom. The van der Waals surface area contributed by atoms with Gasteiger partial charge in [0.25, 0.3) is 0 Å². The van der Waals surface area contributed by atoms with Gasteiger partial charge in [-0.1, -0.05) is 22.0 Å². The lowest BCUT2D eigenvalue weighted by Gasteiger charge is -2.08. The van der Waals surface area contributed by atoms with E-state index < -0.39 is 0 Å². The van der Waals surface area contributed by atoms with E-state index in [1.165, 1.54) is 5.56 Å². The highest BCUT2D eigenvalue weighted by atomic mass is 79.9. The van der Waals surface area contributed by atoms with Gasteiger partial charge in [0.05, 0.1) is 6.61 Å². The van der Waals surface area contributed by atoms with Gasteiger partial charge in [0.2, 0.25) is 0 Å². The van der Waals surface area contributed by atoms with Gasteiger partial charge in [0.15, 0.2) is 0 Å². The lowest BCUT2D eigenvalue weighted by atomic mass is 10.2. The van der Waals surface area contributed by atoms with Crippen LogP contribution < -0.4 is 4.74 Å². The zero-order valence-corrected chi connectivity index (χ0v) is 11.0. The smallest absolute Gasteiger partial charge is 0.123 e. The summed E-state index contributed by atoms with van der Waals surface area (Å²) in [6.45, 7) is 2.87. The van der Waals surface area contributed by atoms with Crippen LogP contribution in [0.4, 0.5) is 0 Å². The Hall–Kier alpha value is -0.150. The van der Waals surface area contributed by atoms with Crippen LogP contribution in [0.3, 0.4) is 0 Å². The minimum absolute atomic E-state index is 0.804. The molecule has 0 aliphatic rings. The van der Waals surface area contributed by atoms with Crippen molar-refractivity contribution in [2.24, 2.45) is 0 Å². The van der Waals surface area contributed by atoms with Crippen LogP contribution in [0.2, 0.25) is 0 Å². The van der Waals surface area contributed by atoms with Crippen molar-refractivity contribution in [3.05, 3.63) is 28.2 Å². The fourth-order valence-corrected chi connectivity index (χ4v) is 1.86. The lowest BCUT2D eigenvalue weighted by molar-refractivity contribution is 0.316. The molecule has 1 rings (SSSR count). The van der Waals surface area contributed by atoms with E-state index in [9.17, 15) is 0 Å². The molecule has 0 heterocycles. The molecule has 78 valence electrons. The summed E-state index contributed by atoms with van der Waals surface area (Å²) in [5.41, 5.74) is 1.19. The molecule has 0 aromatic heterocycles. The Bertz CT molecular complexity index is 289. The molecule has 0 fully saturated rings. The van der Waals surface area contributed by atoms with Crippen molar-refractivity contribution in [2.75, 3.05) is 18.6 Å². The number of aryl methyl sites for hydroxylation is 1. The molecule has 1 aromatic carbocycles. The van der Waals surface area contributed by atoms with Crippen LogP contribution in [-0.2, 0) is 0 Å². The highest BCUT2D eigenvalue weighted by molar-refractivity contribution is 9.10. The van der Waals surface area contributed by atoms with Gasteiger partial charge < -0.3 is 4.74 Å². The predicted octanol–water partition coefficient (Wildman–Crippen LogP) is 3.89. The molecule has 0 aliphatic carbocycles. The summed E-state index contributed by atoms with van der Waals surface area (Å²) in [5, 5.41) is 0. The SMILES string of the molecule is CSCCCOc1cc(Br)ccc1C. The molecular weight excluding hydrogens is 260 g/mol. The lowest BCUT2D eigenvalue weighted by Crippen LogP contribution is -1.99. The number of halogens is 1. The van der Waals surface area contributed by atoms with Gasteiger partial charge in [0, 0.05) is 4.47 Å². The summed E-state index contributed by atoms with van der Waals surface area (Å²) in [6, 6.07) is 6.12. The molecule has 0 unspecified atom stereocenters. The minimum atomic E-state index is 0.804. The number of hydrogen-bond donors (Lipinski definition) is 0. The highest BCUT2D eigenvalue weighted by Gasteiger charge is 1.99. The van der Waals surface area contributed by atoms with Crippen molar-refractivity contribution in [1.29, 1.82) is 0 Å². The number of benzene rings is 1. The fraction of sp³-hybridized carbons (Fsp3) is 0.455. The molecule has 0 bridgehead atoms. The summed E-state index contributed by atoms with van der Waals surface area (Å²) in [4.78, 5) is 0. The van der Waals surface area contributed by atoms with Crippen molar-refractivity contribution in [3.63, 3.8) is 0 Å². The molecule has 0 saturated heterocycles. The summed E-state index contributed by atoms with van der Waals surface area (Å²) in [6.07, 6.45) is 3.22. The zero-order valence-electron chi connectivity index (χ0n) is 8.55. The summed E-state index contributed by atoms with van der Waals surface area (Å²) in [5.74, 6) is 2.15. The van der Waals surface area contributed by atoms with Crippen LogP contribution in [0.25, 0.3) is 0 Å².